The van der Waals surface area contributed by atoms with Gasteiger partial charge in [0.05, 0.1) is 6.07 Å². The molecule has 0 aliphatic carbocycles. The standard InChI is InChI=1S/C5H5N.C2H3N.3C2H6/c1-2-4-6-5-3-1;1-2-3;3*1-2/h1-5H;1H3;3*1-2H3. The molecule has 0 aliphatic rings. The van der Waals surface area contributed by atoms with Crippen molar-refractivity contribution < 1.29 is 0 Å². The summed E-state index contributed by atoms with van der Waals surface area (Å²) in [5.41, 5.74) is 0. The van der Waals surface area contributed by atoms with E-state index in [0.29, 0.717) is 0 Å². The predicted molar refractivity (Wildman–Crippen MR) is 69.6 cm³/mol. The Labute approximate surface area is 96.0 Å². The van der Waals surface area contributed by atoms with E-state index in [0.717, 1.165) is 0 Å². The van der Waals surface area contributed by atoms with Gasteiger partial charge in [-0.3, -0.25) is 4.98 Å². The van der Waals surface area contributed by atoms with Crippen LogP contribution in [0.15, 0.2) is 30.6 Å². The average Bonchev–Trinajstić information content (AvgIpc) is 2.40. The molecule has 0 radical (unpaired) electrons. The third kappa shape index (κ3) is 66.5. The molecule has 1 heterocycles. The van der Waals surface area contributed by atoms with Gasteiger partial charge in [-0.15, -0.1) is 0 Å². The van der Waals surface area contributed by atoms with Crippen LogP contribution < -0.4 is 0 Å². The van der Waals surface area contributed by atoms with Gasteiger partial charge in [0.1, 0.15) is 0 Å². The molecule has 1 aromatic heterocycles. The van der Waals surface area contributed by atoms with E-state index >= 15 is 0 Å². The van der Waals surface area contributed by atoms with Crippen LogP contribution in [-0.2, 0) is 0 Å². The van der Waals surface area contributed by atoms with E-state index in [9.17, 15) is 0 Å². The number of hydrogen-bond acceptors (Lipinski definition) is 2. The molecule has 0 saturated heterocycles. The van der Waals surface area contributed by atoms with Gasteiger partial charge in [-0.1, -0.05) is 47.6 Å². The SMILES string of the molecule is CC.CC.CC.CC#N.c1ccncc1. The summed E-state index contributed by atoms with van der Waals surface area (Å²) in [7, 11) is 0. The van der Waals surface area contributed by atoms with Gasteiger partial charge in [0, 0.05) is 19.3 Å². The fourth-order valence-corrected chi connectivity index (χ4v) is 0.313. The van der Waals surface area contributed by atoms with Crippen molar-refractivity contribution in [1.82, 2.24) is 4.98 Å². The van der Waals surface area contributed by atoms with E-state index in [4.69, 9.17) is 5.26 Å². The van der Waals surface area contributed by atoms with Crippen LogP contribution in [0.5, 0.6) is 0 Å². The first-order valence-corrected chi connectivity index (χ1v) is 5.57. The van der Waals surface area contributed by atoms with Crippen LogP contribution in [0.25, 0.3) is 0 Å². The van der Waals surface area contributed by atoms with Crippen molar-refractivity contribution in [3.63, 3.8) is 0 Å². The van der Waals surface area contributed by atoms with Gasteiger partial charge in [-0.2, -0.15) is 5.26 Å². The van der Waals surface area contributed by atoms with E-state index in [1.807, 2.05) is 59.7 Å². The Bertz CT molecular complexity index is 139. The molecule has 0 fully saturated rings. The molecular formula is C13H26N2. The third-order valence-corrected chi connectivity index (χ3v) is 0.566. The molecule has 0 aromatic carbocycles. The first-order chi connectivity index (χ1) is 7.41. The van der Waals surface area contributed by atoms with Crippen molar-refractivity contribution in [2.45, 2.75) is 48.5 Å². The number of nitriles is 1. The molecule has 0 bridgehead atoms. The smallest absolute Gasteiger partial charge is 0.0587 e. The van der Waals surface area contributed by atoms with Crippen LogP contribution in [0.3, 0.4) is 0 Å². The first-order valence-electron chi connectivity index (χ1n) is 5.57. The minimum Gasteiger partial charge on any atom is -0.265 e. The lowest BCUT2D eigenvalue weighted by Crippen LogP contribution is -1.58. The van der Waals surface area contributed by atoms with Gasteiger partial charge in [0.15, 0.2) is 0 Å². The van der Waals surface area contributed by atoms with E-state index in [1.165, 1.54) is 6.92 Å². The summed E-state index contributed by atoms with van der Waals surface area (Å²) < 4.78 is 0. The fourth-order valence-electron chi connectivity index (χ4n) is 0.313. The number of rotatable bonds is 0. The molecule has 2 heteroatoms. The van der Waals surface area contributed by atoms with Crippen molar-refractivity contribution in [3.8, 4) is 6.07 Å². The van der Waals surface area contributed by atoms with Gasteiger partial charge < -0.3 is 0 Å². The molecule has 88 valence electrons. The number of hydrogen-bond donors (Lipinski definition) is 0. The molecule has 0 atom stereocenters. The van der Waals surface area contributed by atoms with Crippen molar-refractivity contribution in [2.75, 3.05) is 0 Å². The predicted octanol–water partition coefficient (Wildman–Crippen LogP) is 4.69. The maximum Gasteiger partial charge on any atom is 0.0587 e. The van der Waals surface area contributed by atoms with E-state index < -0.39 is 0 Å². The number of pyridine rings is 1. The highest BCUT2D eigenvalue weighted by molar-refractivity contribution is 4.88. The van der Waals surface area contributed by atoms with Crippen molar-refractivity contribution in [2.24, 2.45) is 0 Å². The lowest BCUT2D eigenvalue weighted by molar-refractivity contribution is 1.33. The molecule has 0 spiro atoms. The van der Waals surface area contributed by atoms with Gasteiger partial charge in [-0.05, 0) is 12.1 Å². The molecule has 1 aromatic rings. The Morgan fingerprint density at radius 2 is 1.07 bits per heavy atom. The van der Waals surface area contributed by atoms with Gasteiger partial charge >= 0.3 is 0 Å². The molecule has 15 heavy (non-hydrogen) atoms. The molecule has 0 amide bonds. The zero-order chi connectivity index (χ0) is 12.9. The molecule has 0 saturated carbocycles. The minimum absolute atomic E-state index is 1.43. The van der Waals surface area contributed by atoms with E-state index in [-0.39, 0.29) is 0 Å². The molecule has 0 N–H and O–H groups in total. The van der Waals surface area contributed by atoms with Crippen LogP contribution in [-0.4, -0.2) is 4.98 Å². The van der Waals surface area contributed by atoms with Crippen molar-refractivity contribution in [3.05, 3.63) is 30.6 Å². The maximum absolute atomic E-state index is 7.32. The summed E-state index contributed by atoms with van der Waals surface area (Å²) in [6.45, 7) is 13.4. The largest absolute Gasteiger partial charge is 0.265 e. The Hall–Kier alpha value is -1.36. The monoisotopic (exact) mass is 210 g/mol. The Morgan fingerprint density at radius 1 is 0.800 bits per heavy atom. The second-order valence-corrected chi connectivity index (χ2v) is 1.25. The molecule has 0 unspecified atom stereocenters. The summed E-state index contributed by atoms with van der Waals surface area (Å²) in [4.78, 5) is 3.78. The van der Waals surface area contributed by atoms with Crippen LogP contribution in [0.2, 0.25) is 0 Å². The van der Waals surface area contributed by atoms with Gasteiger partial charge in [0.25, 0.3) is 0 Å². The summed E-state index contributed by atoms with van der Waals surface area (Å²) in [5.74, 6) is 0. The average molecular weight is 210 g/mol. The second kappa shape index (κ2) is 53.8. The quantitative estimate of drug-likeness (QED) is 0.623. The van der Waals surface area contributed by atoms with E-state index in [1.54, 1.807) is 18.5 Å². The summed E-state index contributed by atoms with van der Waals surface area (Å²) in [5, 5.41) is 7.32. The van der Waals surface area contributed by atoms with Gasteiger partial charge in [-0.25, -0.2) is 0 Å². The molecule has 2 nitrogen and oxygen atoms in total. The van der Waals surface area contributed by atoms with E-state index in [2.05, 4.69) is 4.98 Å². The third-order valence-electron chi connectivity index (χ3n) is 0.566. The van der Waals surface area contributed by atoms with Crippen molar-refractivity contribution in [1.29, 1.82) is 5.26 Å². The lowest BCUT2D eigenvalue weighted by atomic mass is 10.5. The summed E-state index contributed by atoms with van der Waals surface area (Å²) in [6.07, 6.45) is 3.50. The Kier molecular flexibility index (Phi) is 84.2. The number of aromatic nitrogens is 1. The summed E-state index contributed by atoms with van der Waals surface area (Å²) in [6, 6.07) is 7.47. The van der Waals surface area contributed by atoms with Gasteiger partial charge in [0.2, 0.25) is 0 Å². The fraction of sp³-hybridized carbons (Fsp3) is 0.538. The topological polar surface area (TPSA) is 36.7 Å². The molecule has 0 aliphatic heterocycles. The summed E-state index contributed by atoms with van der Waals surface area (Å²) >= 11 is 0. The lowest BCUT2D eigenvalue weighted by Gasteiger charge is -1.70. The highest BCUT2D eigenvalue weighted by Crippen LogP contribution is 1.73. The molecular weight excluding hydrogens is 184 g/mol. The molecule has 1 rings (SSSR count). The first kappa shape index (κ1) is 23.5. The minimum atomic E-state index is 1.43. The number of nitrogens with zero attached hydrogens (tertiary/aromatic N) is 2. The second-order valence-electron chi connectivity index (χ2n) is 1.25. The zero-order valence-electron chi connectivity index (χ0n) is 11.3. The Morgan fingerprint density at radius 3 is 1.13 bits per heavy atom. The van der Waals surface area contributed by atoms with Crippen LogP contribution in [0.4, 0.5) is 0 Å². The maximum atomic E-state index is 7.32. The highest BCUT2D eigenvalue weighted by Gasteiger charge is 1.58. The Balaban J connectivity index is -0.0000000585. The van der Waals surface area contributed by atoms with Crippen LogP contribution in [0.1, 0.15) is 48.5 Å². The highest BCUT2D eigenvalue weighted by atomic mass is 14.6. The van der Waals surface area contributed by atoms with Crippen LogP contribution >= 0.6 is 0 Å². The van der Waals surface area contributed by atoms with Crippen LogP contribution in [0, 0.1) is 11.3 Å². The van der Waals surface area contributed by atoms with Crippen molar-refractivity contribution >= 4 is 0 Å². The zero-order valence-corrected chi connectivity index (χ0v) is 11.3. The normalized spacial score (nSPS) is 4.93.